The second kappa shape index (κ2) is 3.65. The highest BCUT2D eigenvalue weighted by atomic mass is 19.4. The van der Waals surface area contributed by atoms with Crippen LogP contribution in [-0.4, -0.2) is 11.3 Å². The normalized spacial score (nSPS) is 10.9. The lowest BCUT2D eigenvalue weighted by Crippen LogP contribution is -2.19. The zero-order valence-electron chi connectivity index (χ0n) is 7.59. The van der Waals surface area contributed by atoms with Gasteiger partial charge in [0, 0.05) is 5.56 Å². The number of aromatic nitrogens is 1. The summed E-state index contributed by atoms with van der Waals surface area (Å²) in [7, 11) is 0. The molecule has 0 saturated carbocycles. The van der Waals surface area contributed by atoms with E-state index in [1.165, 1.54) is 13.0 Å². The monoisotopic (exact) mass is 217 g/mol. The van der Waals surface area contributed by atoms with Gasteiger partial charge >= 0.3 is 6.36 Å². The predicted molar refractivity (Wildman–Crippen MR) is 44.8 cm³/mol. The second-order valence-corrected chi connectivity index (χ2v) is 2.68. The van der Waals surface area contributed by atoms with Gasteiger partial charge in [0.2, 0.25) is 5.88 Å². The average Bonchev–Trinajstić information content (AvgIpc) is 2.08. The molecule has 7 heteroatoms. The molecule has 0 amide bonds. The first-order valence-corrected chi connectivity index (χ1v) is 3.76. The van der Waals surface area contributed by atoms with Crippen LogP contribution in [0.1, 0.15) is 11.1 Å². The number of anilines is 1. The van der Waals surface area contributed by atoms with Crippen molar-refractivity contribution in [3.63, 3.8) is 0 Å². The fourth-order valence-electron chi connectivity index (χ4n) is 0.930. The minimum atomic E-state index is -4.85. The molecule has 0 spiro atoms. The third-order valence-electron chi connectivity index (χ3n) is 1.58. The van der Waals surface area contributed by atoms with Crippen molar-refractivity contribution < 1.29 is 17.9 Å². The summed E-state index contributed by atoms with van der Waals surface area (Å²) in [4.78, 5) is 3.35. The number of nitrogens with two attached hydrogens (primary N) is 1. The fraction of sp³-hybridized carbons (Fsp3) is 0.250. The lowest BCUT2D eigenvalue weighted by molar-refractivity contribution is -0.276. The van der Waals surface area contributed by atoms with Gasteiger partial charge in [0.25, 0.3) is 0 Å². The van der Waals surface area contributed by atoms with Crippen molar-refractivity contribution in [1.82, 2.24) is 4.98 Å². The minimum Gasteiger partial charge on any atom is -0.387 e. The summed E-state index contributed by atoms with van der Waals surface area (Å²) < 4.78 is 39.3. The van der Waals surface area contributed by atoms with Crippen LogP contribution in [-0.2, 0) is 0 Å². The molecule has 0 bridgehead atoms. The summed E-state index contributed by atoms with van der Waals surface area (Å²) in [5, 5.41) is 8.60. The van der Waals surface area contributed by atoms with Crippen LogP contribution in [0.2, 0.25) is 0 Å². The highest BCUT2D eigenvalue weighted by Gasteiger charge is 2.33. The molecule has 0 radical (unpaired) electrons. The number of hydrogen-bond donors (Lipinski definition) is 1. The summed E-state index contributed by atoms with van der Waals surface area (Å²) in [5.74, 6) is -0.893. The zero-order valence-corrected chi connectivity index (χ0v) is 7.59. The fourth-order valence-corrected chi connectivity index (χ4v) is 0.930. The SMILES string of the molecule is Cc1c(C#N)cc(N)nc1OC(F)(F)F. The number of alkyl halides is 3. The maximum Gasteiger partial charge on any atom is 0.574 e. The summed E-state index contributed by atoms with van der Waals surface area (Å²) >= 11 is 0. The molecule has 2 N–H and O–H groups in total. The molecule has 0 saturated heterocycles. The Balaban J connectivity index is 3.20. The van der Waals surface area contributed by atoms with Gasteiger partial charge in [0.15, 0.2) is 0 Å². The van der Waals surface area contributed by atoms with Crippen LogP contribution < -0.4 is 10.5 Å². The van der Waals surface area contributed by atoms with Gasteiger partial charge in [-0.2, -0.15) is 10.2 Å². The molecule has 1 aromatic rings. The largest absolute Gasteiger partial charge is 0.574 e. The molecule has 0 aliphatic carbocycles. The number of nitrogen functional groups attached to an aromatic ring is 1. The van der Waals surface area contributed by atoms with E-state index in [0.717, 1.165) is 0 Å². The first-order valence-electron chi connectivity index (χ1n) is 3.76. The number of halogens is 3. The molecule has 0 unspecified atom stereocenters. The lowest BCUT2D eigenvalue weighted by atomic mass is 10.1. The van der Waals surface area contributed by atoms with Crippen LogP contribution in [0.3, 0.4) is 0 Å². The Morgan fingerprint density at radius 3 is 2.60 bits per heavy atom. The Morgan fingerprint density at radius 2 is 2.13 bits per heavy atom. The van der Waals surface area contributed by atoms with Gasteiger partial charge in [0.1, 0.15) is 5.82 Å². The number of pyridine rings is 1. The first-order chi connectivity index (χ1) is 6.83. The molecule has 0 fully saturated rings. The van der Waals surface area contributed by atoms with Gasteiger partial charge in [0.05, 0.1) is 11.6 Å². The van der Waals surface area contributed by atoms with Gasteiger partial charge in [-0.25, -0.2) is 0 Å². The van der Waals surface area contributed by atoms with E-state index in [-0.39, 0.29) is 16.9 Å². The van der Waals surface area contributed by atoms with E-state index in [1.807, 2.05) is 0 Å². The Bertz CT molecular complexity index is 422. The van der Waals surface area contributed by atoms with Gasteiger partial charge in [-0.3, -0.25) is 0 Å². The molecule has 1 aromatic heterocycles. The Labute approximate surface area is 83.1 Å². The number of ether oxygens (including phenoxy) is 1. The van der Waals surface area contributed by atoms with E-state index in [4.69, 9.17) is 11.0 Å². The van der Waals surface area contributed by atoms with E-state index in [9.17, 15) is 13.2 Å². The van der Waals surface area contributed by atoms with E-state index >= 15 is 0 Å². The van der Waals surface area contributed by atoms with E-state index < -0.39 is 12.2 Å². The molecule has 0 aliphatic rings. The van der Waals surface area contributed by atoms with Gasteiger partial charge < -0.3 is 10.5 Å². The Kier molecular flexibility index (Phi) is 2.70. The van der Waals surface area contributed by atoms with Crippen molar-refractivity contribution in [1.29, 1.82) is 5.26 Å². The quantitative estimate of drug-likeness (QED) is 0.777. The molecule has 1 rings (SSSR count). The van der Waals surface area contributed by atoms with E-state index in [0.29, 0.717) is 0 Å². The maximum absolute atomic E-state index is 11.9. The van der Waals surface area contributed by atoms with Crippen LogP contribution in [0.25, 0.3) is 0 Å². The van der Waals surface area contributed by atoms with Gasteiger partial charge in [-0.1, -0.05) is 0 Å². The Morgan fingerprint density at radius 1 is 1.53 bits per heavy atom. The summed E-state index contributed by atoms with van der Waals surface area (Å²) in [6.45, 7) is 1.30. The standard InChI is InChI=1S/C8H6F3N3O/c1-4-5(3-12)2-6(13)14-7(4)15-8(9,10)11/h2H,1H3,(H2,13,14). The molecule has 4 nitrogen and oxygen atoms in total. The highest BCUT2D eigenvalue weighted by molar-refractivity contribution is 5.49. The van der Waals surface area contributed by atoms with Crippen molar-refractivity contribution in [2.45, 2.75) is 13.3 Å². The molecular formula is C8H6F3N3O. The van der Waals surface area contributed by atoms with Crippen molar-refractivity contribution in [3.8, 4) is 11.9 Å². The molecule has 80 valence electrons. The summed E-state index contributed by atoms with van der Waals surface area (Å²) in [5.41, 5.74) is 5.22. The molecular weight excluding hydrogens is 211 g/mol. The summed E-state index contributed by atoms with van der Waals surface area (Å²) in [6.07, 6.45) is -4.85. The molecule has 0 aromatic carbocycles. The maximum atomic E-state index is 11.9. The second-order valence-electron chi connectivity index (χ2n) is 2.68. The predicted octanol–water partition coefficient (Wildman–Crippen LogP) is 1.74. The van der Waals surface area contributed by atoms with Crippen molar-refractivity contribution in [2.75, 3.05) is 5.73 Å². The molecule has 0 aliphatic heterocycles. The molecule has 1 heterocycles. The Hall–Kier alpha value is -1.97. The summed E-state index contributed by atoms with van der Waals surface area (Å²) in [6, 6.07) is 2.87. The van der Waals surface area contributed by atoms with Crippen LogP contribution in [0, 0.1) is 18.3 Å². The zero-order chi connectivity index (χ0) is 11.6. The average molecular weight is 217 g/mol. The van der Waals surface area contributed by atoms with E-state index in [2.05, 4.69) is 9.72 Å². The highest BCUT2D eigenvalue weighted by Crippen LogP contribution is 2.26. The van der Waals surface area contributed by atoms with Crippen LogP contribution in [0.4, 0.5) is 19.0 Å². The smallest absolute Gasteiger partial charge is 0.387 e. The van der Waals surface area contributed by atoms with E-state index in [1.54, 1.807) is 6.07 Å². The topological polar surface area (TPSA) is 71.9 Å². The number of nitriles is 1. The third-order valence-corrected chi connectivity index (χ3v) is 1.58. The molecule has 15 heavy (non-hydrogen) atoms. The lowest BCUT2D eigenvalue weighted by Gasteiger charge is -2.11. The third kappa shape index (κ3) is 2.74. The minimum absolute atomic E-state index is 0.00162. The number of hydrogen-bond acceptors (Lipinski definition) is 4. The van der Waals surface area contributed by atoms with Crippen LogP contribution in [0.15, 0.2) is 6.07 Å². The van der Waals surface area contributed by atoms with Gasteiger partial charge in [-0.05, 0) is 13.0 Å². The number of rotatable bonds is 1. The van der Waals surface area contributed by atoms with Crippen LogP contribution >= 0.6 is 0 Å². The van der Waals surface area contributed by atoms with Crippen molar-refractivity contribution >= 4 is 5.82 Å². The van der Waals surface area contributed by atoms with Crippen molar-refractivity contribution in [2.24, 2.45) is 0 Å². The first kappa shape index (κ1) is 11.1. The van der Waals surface area contributed by atoms with Gasteiger partial charge in [-0.15, -0.1) is 13.2 Å². The number of nitrogens with zero attached hydrogens (tertiary/aromatic N) is 2. The molecule has 0 atom stereocenters. The van der Waals surface area contributed by atoms with Crippen LogP contribution in [0.5, 0.6) is 5.88 Å². The van der Waals surface area contributed by atoms with Crippen molar-refractivity contribution in [3.05, 3.63) is 17.2 Å².